The summed E-state index contributed by atoms with van der Waals surface area (Å²) in [5.74, 6) is 0.790. The molecule has 2 aromatic rings. The third kappa shape index (κ3) is 2.32. The van der Waals surface area contributed by atoms with Gasteiger partial charge in [-0.2, -0.15) is 0 Å². The number of methoxy groups -OCH3 is 1. The maximum Gasteiger partial charge on any atom is 0.195 e. The first-order valence-electron chi connectivity index (χ1n) is 6.00. The third-order valence-electron chi connectivity index (χ3n) is 3.45. The number of ketones is 1. The summed E-state index contributed by atoms with van der Waals surface area (Å²) in [7, 11) is 1.61. The van der Waals surface area contributed by atoms with Crippen molar-refractivity contribution in [3.05, 3.63) is 52.3 Å². The summed E-state index contributed by atoms with van der Waals surface area (Å²) >= 11 is 3.46. The average Bonchev–Trinajstić information content (AvgIpc) is 2.62. The lowest BCUT2D eigenvalue weighted by molar-refractivity contribution is 0.103. The first-order chi connectivity index (χ1) is 8.97. The zero-order chi connectivity index (χ0) is 14.2. The molecule has 100 valence electrons. The summed E-state index contributed by atoms with van der Waals surface area (Å²) in [6.07, 6.45) is 0. The van der Waals surface area contributed by atoms with Gasteiger partial charge in [-0.3, -0.25) is 8.39 Å². The average molecular weight is 322 g/mol. The van der Waals surface area contributed by atoms with Crippen molar-refractivity contribution in [3.8, 4) is 5.75 Å². The lowest BCUT2D eigenvalue weighted by atomic mass is 10.00. The van der Waals surface area contributed by atoms with Crippen molar-refractivity contribution in [2.45, 2.75) is 20.8 Å². The predicted molar refractivity (Wildman–Crippen MR) is 79.4 cm³/mol. The van der Waals surface area contributed by atoms with E-state index in [1.54, 1.807) is 31.4 Å². The van der Waals surface area contributed by atoms with Gasteiger partial charge < -0.3 is 4.74 Å². The van der Waals surface area contributed by atoms with E-state index < -0.39 is 0 Å². The van der Waals surface area contributed by atoms with Crippen molar-refractivity contribution in [3.63, 3.8) is 0 Å². The lowest BCUT2D eigenvalue weighted by Crippen LogP contribution is -2.04. The Labute approximate surface area is 121 Å². The smallest absolute Gasteiger partial charge is 0.195 e. The third-order valence-corrected chi connectivity index (χ3v) is 4.51. The number of nitrogens with zero attached hydrogens (tertiary/aromatic N) is 1. The van der Waals surface area contributed by atoms with Crippen LogP contribution in [0.2, 0.25) is 0 Å². The quantitative estimate of drug-likeness (QED) is 0.805. The first-order valence-corrected chi connectivity index (χ1v) is 6.71. The van der Waals surface area contributed by atoms with E-state index in [4.69, 9.17) is 4.74 Å². The Bertz CT molecular complexity index is 601. The van der Waals surface area contributed by atoms with Gasteiger partial charge in [0.2, 0.25) is 0 Å². The Hall–Kier alpha value is -1.55. The lowest BCUT2D eigenvalue weighted by Gasteiger charge is -2.04. The molecule has 3 nitrogen and oxygen atoms in total. The van der Waals surface area contributed by atoms with Gasteiger partial charge in [0.05, 0.1) is 23.3 Å². The van der Waals surface area contributed by atoms with Gasteiger partial charge in [0, 0.05) is 22.5 Å². The van der Waals surface area contributed by atoms with Crippen LogP contribution in [0.3, 0.4) is 0 Å². The molecule has 19 heavy (non-hydrogen) atoms. The molecule has 0 unspecified atom stereocenters. The molecular formula is C15H16BrNO2. The Kier molecular flexibility index (Phi) is 3.80. The van der Waals surface area contributed by atoms with Crippen molar-refractivity contribution in [2.75, 3.05) is 7.11 Å². The molecule has 4 heteroatoms. The number of halogens is 1. The van der Waals surface area contributed by atoms with Crippen LogP contribution < -0.4 is 4.74 Å². The van der Waals surface area contributed by atoms with E-state index in [2.05, 4.69) is 16.1 Å². The Morgan fingerprint density at radius 1 is 1.11 bits per heavy atom. The van der Waals surface area contributed by atoms with E-state index in [0.717, 1.165) is 28.3 Å². The summed E-state index contributed by atoms with van der Waals surface area (Å²) in [5, 5.41) is 0. The van der Waals surface area contributed by atoms with Gasteiger partial charge in [-0.25, -0.2) is 0 Å². The molecule has 0 radical (unpaired) electrons. The van der Waals surface area contributed by atoms with Crippen LogP contribution in [0, 0.1) is 20.8 Å². The topological polar surface area (TPSA) is 31.2 Å². The summed E-state index contributed by atoms with van der Waals surface area (Å²) < 4.78 is 6.98. The molecule has 1 aromatic heterocycles. The summed E-state index contributed by atoms with van der Waals surface area (Å²) in [6.45, 7) is 5.89. The maximum atomic E-state index is 12.6. The second kappa shape index (κ2) is 5.21. The number of hydrogen-bond donors (Lipinski definition) is 0. The van der Waals surface area contributed by atoms with Crippen LogP contribution in [0.25, 0.3) is 0 Å². The van der Waals surface area contributed by atoms with Gasteiger partial charge in [0.15, 0.2) is 5.78 Å². The number of carbonyl (C=O) groups is 1. The minimum absolute atomic E-state index is 0.0407. The van der Waals surface area contributed by atoms with Crippen LogP contribution in [0.4, 0.5) is 0 Å². The second-order valence-corrected chi connectivity index (χ2v) is 5.22. The highest BCUT2D eigenvalue weighted by Crippen LogP contribution is 2.26. The maximum absolute atomic E-state index is 12.6. The molecule has 0 bridgehead atoms. The summed E-state index contributed by atoms with van der Waals surface area (Å²) in [6, 6.07) is 7.19. The largest absolute Gasteiger partial charge is 0.497 e. The molecule has 0 aliphatic carbocycles. The van der Waals surface area contributed by atoms with E-state index in [0.29, 0.717) is 5.56 Å². The predicted octanol–water partition coefficient (Wildman–Crippen LogP) is 3.81. The SMILES string of the molecule is COc1ccc(C(=O)c2c(C)c(C)n(Br)c2C)cc1. The Balaban J connectivity index is 2.47. The number of rotatable bonds is 3. The van der Waals surface area contributed by atoms with Gasteiger partial charge in [0.25, 0.3) is 0 Å². The molecular weight excluding hydrogens is 306 g/mol. The van der Waals surface area contributed by atoms with Gasteiger partial charge in [0.1, 0.15) is 5.75 Å². The molecule has 0 aliphatic rings. The number of aromatic nitrogens is 1. The highest BCUT2D eigenvalue weighted by Gasteiger charge is 2.20. The van der Waals surface area contributed by atoms with Gasteiger partial charge in [-0.1, -0.05) is 0 Å². The van der Waals surface area contributed by atoms with Crippen molar-refractivity contribution < 1.29 is 9.53 Å². The minimum atomic E-state index is 0.0407. The van der Waals surface area contributed by atoms with E-state index in [1.807, 2.05) is 24.4 Å². The molecule has 0 amide bonds. The molecule has 0 spiro atoms. The van der Waals surface area contributed by atoms with E-state index >= 15 is 0 Å². The molecule has 0 atom stereocenters. The van der Waals surface area contributed by atoms with Crippen LogP contribution >= 0.6 is 16.1 Å². The van der Waals surface area contributed by atoms with Gasteiger partial charge in [-0.15, -0.1) is 0 Å². The van der Waals surface area contributed by atoms with Gasteiger partial charge >= 0.3 is 0 Å². The number of hydrogen-bond acceptors (Lipinski definition) is 2. The highest BCUT2D eigenvalue weighted by atomic mass is 79.9. The molecule has 1 heterocycles. The molecule has 2 rings (SSSR count). The van der Waals surface area contributed by atoms with E-state index in [-0.39, 0.29) is 5.78 Å². The Morgan fingerprint density at radius 3 is 2.11 bits per heavy atom. The van der Waals surface area contributed by atoms with Crippen LogP contribution in [-0.2, 0) is 0 Å². The van der Waals surface area contributed by atoms with E-state index in [1.165, 1.54) is 0 Å². The molecule has 0 fully saturated rings. The molecule has 0 saturated heterocycles. The Morgan fingerprint density at radius 2 is 1.68 bits per heavy atom. The minimum Gasteiger partial charge on any atom is -0.497 e. The van der Waals surface area contributed by atoms with Crippen LogP contribution in [-0.4, -0.2) is 16.5 Å². The van der Waals surface area contributed by atoms with Crippen molar-refractivity contribution in [2.24, 2.45) is 0 Å². The van der Waals surface area contributed by atoms with Crippen molar-refractivity contribution in [1.29, 1.82) is 0 Å². The number of carbonyl (C=O) groups excluding carboxylic acids is 1. The fourth-order valence-corrected chi connectivity index (χ4v) is 2.61. The fraction of sp³-hybridized carbons (Fsp3) is 0.267. The van der Waals surface area contributed by atoms with Crippen molar-refractivity contribution >= 4 is 21.9 Å². The fourth-order valence-electron chi connectivity index (χ4n) is 2.17. The molecule has 0 saturated carbocycles. The monoisotopic (exact) mass is 321 g/mol. The van der Waals surface area contributed by atoms with Crippen LogP contribution in [0.1, 0.15) is 32.9 Å². The molecule has 0 aliphatic heterocycles. The highest BCUT2D eigenvalue weighted by molar-refractivity contribution is 9.08. The number of ether oxygens (including phenoxy) is 1. The van der Waals surface area contributed by atoms with Crippen LogP contribution in [0.5, 0.6) is 5.75 Å². The molecule has 1 aromatic carbocycles. The second-order valence-electron chi connectivity index (χ2n) is 4.51. The standard InChI is InChI=1S/C15H16BrNO2/c1-9-10(2)17(16)11(3)14(9)15(18)12-5-7-13(19-4)8-6-12/h5-8H,1-4H3. The summed E-state index contributed by atoms with van der Waals surface area (Å²) in [5.41, 5.74) is 4.42. The normalized spacial score (nSPS) is 10.6. The van der Waals surface area contributed by atoms with Crippen LogP contribution in [0.15, 0.2) is 24.3 Å². The summed E-state index contributed by atoms with van der Waals surface area (Å²) in [4.78, 5) is 12.6. The van der Waals surface area contributed by atoms with Crippen molar-refractivity contribution in [1.82, 2.24) is 3.59 Å². The first kappa shape index (κ1) is 13.9. The zero-order valence-electron chi connectivity index (χ0n) is 11.5. The molecule has 0 N–H and O–H groups in total. The van der Waals surface area contributed by atoms with E-state index in [9.17, 15) is 4.79 Å². The van der Waals surface area contributed by atoms with Gasteiger partial charge in [-0.05, 0) is 50.6 Å². The number of benzene rings is 1. The zero-order valence-corrected chi connectivity index (χ0v) is 13.0.